The summed E-state index contributed by atoms with van der Waals surface area (Å²) in [6, 6.07) is 9.22. The Hall–Kier alpha value is -2.04. The van der Waals surface area contributed by atoms with Crippen molar-refractivity contribution in [1.29, 1.82) is 0 Å². The lowest BCUT2D eigenvalue weighted by Gasteiger charge is -2.22. The van der Waals surface area contributed by atoms with E-state index in [-0.39, 0.29) is 31.4 Å². The van der Waals surface area contributed by atoms with E-state index in [0.29, 0.717) is 12.3 Å². The lowest BCUT2D eigenvalue weighted by Crippen LogP contribution is -2.38. The van der Waals surface area contributed by atoms with Gasteiger partial charge < -0.3 is 14.7 Å². The normalized spacial score (nSPS) is 10.3. The summed E-state index contributed by atoms with van der Waals surface area (Å²) >= 11 is 0. The molecule has 5 nitrogen and oxygen atoms in total. The minimum atomic E-state index is -0.997. The number of hydrogen-bond acceptors (Lipinski definition) is 3. The first-order chi connectivity index (χ1) is 9.49. The van der Waals surface area contributed by atoms with Crippen molar-refractivity contribution in [3.63, 3.8) is 0 Å². The molecule has 5 heteroatoms. The van der Waals surface area contributed by atoms with Gasteiger partial charge in [-0.05, 0) is 18.1 Å². The van der Waals surface area contributed by atoms with E-state index in [4.69, 9.17) is 9.84 Å². The molecule has 1 N–H and O–H groups in total. The minimum Gasteiger partial charge on any atom is -0.493 e. The van der Waals surface area contributed by atoms with Crippen LogP contribution in [0.15, 0.2) is 30.3 Å². The molecule has 0 aromatic heterocycles. The second kappa shape index (κ2) is 8.19. The van der Waals surface area contributed by atoms with Gasteiger partial charge in [0.1, 0.15) is 12.3 Å². The fraction of sp³-hybridized carbons (Fsp3) is 0.467. The molecule has 0 spiro atoms. The number of carbonyl (C=O) groups excluding carboxylic acids is 1. The fourth-order valence-corrected chi connectivity index (χ4v) is 1.79. The Labute approximate surface area is 119 Å². The molecule has 20 heavy (non-hydrogen) atoms. The van der Waals surface area contributed by atoms with Crippen LogP contribution >= 0.6 is 0 Å². The van der Waals surface area contributed by atoms with Gasteiger partial charge in [-0.15, -0.1) is 0 Å². The van der Waals surface area contributed by atoms with E-state index < -0.39 is 5.97 Å². The Kier molecular flexibility index (Phi) is 6.56. The molecule has 0 unspecified atom stereocenters. The Morgan fingerprint density at radius 3 is 2.45 bits per heavy atom. The summed E-state index contributed by atoms with van der Waals surface area (Å²) in [7, 11) is 0. The first kappa shape index (κ1) is 16.0. The molecule has 1 amide bonds. The lowest BCUT2D eigenvalue weighted by molar-refractivity contribution is -0.145. The molecule has 0 aliphatic carbocycles. The van der Waals surface area contributed by atoms with Gasteiger partial charge in [-0.25, -0.2) is 0 Å². The van der Waals surface area contributed by atoms with E-state index in [1.807, 2.05) is 44.2 Å². The largest absolute Gasteiger partial charge is 0.493 e. The molecule has 0 aliphatic heterocycles. The lowest BCUT2D eigenvalue weighted by atomic mass is 10.2. The van der Waals surface area contributed by atoms with E-state index >= 15 is 0 Å². The fourth-order valence-electron chi connectivity index (χ4n) is 1.79. The van der Waals surface area contributed by atoms with Crippen LogP contribution in [0.1, 0.15) is 20.3 Å². The summed E-state index contributed by atoms with van der Waals surface area (Å²) in [5.74, 6) is -0.262. The van der Waals surface area contributed by atoms with Crippen molar-refractivity contribution in [2.45, 2.75) is 20.3 Å². The molecule has 0 bridgehead atoms. The van der Waals surface area contributed by atoms with Crippen LogP contribution in [0.4, 0.5) is 0 Å². The third-order valence-electron chi connectivity index (χ3n) is 2.59. The van der Waals surface area contributed by atoms with Crippen LogP contribution in [0.25, 0.3) is 0 Å². The van der Waals surface area contributed by atoms with Crippen molar-refractivity contribution >= 4 is 11.9 Å². The van der Waals surface area contributed by atoms with Crippen LogP contribution < -0.4 is 4.74 Å². The van der Waals surface area contributed by atoms with Gasteiger partial charge in [-0.1, -0.05) is 32.0 Å². The molecule has 0 aliphatic rings. The van der Waals surface area contributed by atoms with Gasteiger partial charge >= 0.3 is 5.97 Å². The molecule has 0 saturated carbocycles. The monoisotopic (exact) mass is 279 g/mol. The summed E-state index contributed by atoms with van der Waals surface area (Å²) in [4.78, 5) is 24.1. The number of nitrogens with zero attached hydrogens (tertiary/aromatic N) is 1. The molecule has 0 atom stereocenters. The average Bonchev–Trinajstić information content (AvgIpc) is 2.38. The number of carboxylic acids is 1. The van der Waals surface area contributed by atoms with E-state index in [9.17, 15) is 9.59 Å². The summed E-state index contributed by atoms with van der Waals surface area (Å²) in [6.07, 6.45) is 0.175. The van der Waals surface area contributed by atoms with Gasteiger partial charge in [0.25, 0.3) is 0 Å². The molecule has 1 aromatic carbocycles. The van der Waals surface area contributed by atoms with Crippen LogP contribution in [-0.2, 0) is 9.59 Å². The van der Waals surface area contributed by atoms with Gasteiger partial charge in [0.15, 0.2) is 0 Å². The van der Waals surface area contributed by atoms with Crippen LogP contribution in [-0.4, -0.2) is 41.6 Å². The van der Waals surface area contributed by atoms with Gasteiger partial charge in [-0.3, -0.25) is 9.59 Å². The zero-order valence-electron chi connectivity index (χ0n) is 11.9. The van der Waals surface area contributed by atoms with Gasteiger partial charge in [0.2, 0.25) is 5.91 Å². The predicted molar refractivity (Wildman–Crippen MR) is 75.6 cm³/mol. The number of aliphatic carboxylic acids is 1. The summed E-state index contributed by atoms with van der Waals surface area (Å²) < 4.78 is 5.44. The van der Waals surface area contributed by atoms with E-state index in [2.05, 4.69) is 0 Å². The van der Waals surface area contributed by atoms with Crippen molar-refractivity contribution in [2.75, 3.05) is 19.7 Å². The molecule has 110 valence electrons. The number of carbonyl (C=O) groups is 2. The maximum atomic E-state index is 12.0. The number of ether oxygens (including phenoxy) is 1. The van der Waals surface area contributed by atoms with Gasteiger partial charge in [-0.2, -0.15) is 0 Å². The van der Waals surface area contributed by atoms with Crippen molar-refractivity contribution < 1.29 is 19.4 Å². The average molecular weight is 279 g/mol. The van der Waals surface area contributed by atoms with Crippen LogP contribution in [0.3, 0.4) is 0 Å². The topological polar surface area (TPSA) is 66.8 Å². The highest BCUT2D eigenvalue weighted by Gasteiger charge is 2.17. The van der Waals surface area contributed by atoms with Crippen LogP contribution in [0.5, 0.6) is 5.75 Å². The third kappa shape index (κ3) is 6.22. The maximum Gasteiger partial charge on any atom is 0.323 e. The van der Waals surface area contributed by atoms with E-state index in [1.165, 1.54) is 4.90 Å². The number of benzene rings is 1. The molecular formula is C15H21NO4. The Balaban J connectivity index is 2.43. The quantitative estimate of drug-likeness (QED) is 0.790. The van der Waals surface area contributed by atoms with Crippen molar-refractivity contribution in [3.8, 4) is 5.75 Å². The van der Waals surface area contributed by atoms with Crippen molar-refractivity contribution in [3.05, 3.63) is 30.3 Å². The zero-order valence-corrected chi connectivity index (χ0v) is 11.9. The minimum absolute atomic E-state index is 0.175. The predicted octanol–water partition coefficient (Wildman–Crippen LogP) is 2.02. The molecule has 0 radical (unpaired) electrons. The van der Waals surface area contributed by atoms with Crippen LogP contribution in [0, 0.1) is 5.92 Å². The highest BCUT2D eigenvalue weighted by molar-refractivity contribution is 5.81. The van der Waals surface area contributed by atoms with Gasteiger partial charge in [0, 0.05) is 6.54 Å². The second-order valence-corrected chi connectivity index (χ2v) is 4.97. The molecule has 0 saturated heterocycles. The molecule has 0 heterocycles. The smallest absolute Gasteiger partial charge is 0.323 e. The number of para-hydroxylation sites is 1. The molecule has 1 rings (SSSR count). The van der Waals surface area contributed by atoms with Crippen LogP contribution in [0.2, 0.25) is 0 Å². The van der Waals surface area contributed by atoms with E-state index in [0.717, 1.165) is 0 Å². The highest BCUT2D eigenvalue weighted by Crippen LogP contribution is 2.09. The highest BCUT2D eigenvalue weighted by atomic mass is 16.5. The van der Waals surface area contributed by atoms with Gasteiger partial charge in [0.05, 0.1) is 13.0 Å². The number of rotatable bonds is 8. The molecule has 0 fully saturated rings. The first-order valence-electron chi connectivity index (χ1n) is 6.66. The summed E-state index contributed by atoms with van der Waals surface area (Å²) in [5.41, 5.74) is 0. The Bertz CT molecular complexity index is 431. The van der Waals surface area contributed by atoms with Crippen molar-refractivity contribution in [2.24, 2.45) is 5.92 Å². The summed E-state index contributed by atoms with van der Waals surface area (Å²) in [5, 5.41) is 8.82. The second-order valence-electron chi connectivity index (χ2n) is 4.97. The Morgan fingerprint density at radius 2 is 1.90 bits per heavy atom. The Morgan fingerprint density at radius 1 is 1.25 bits per heavy atom. The SMILES string of the molecule is CC(C)CN(CC(=O)O)C(=O)CCOc1ccccc1. The first-order valence-corrected chi connectivity index (χ1v) is 6.66. The molecule has 1 aromatic rings. The standard InChI is InChI=1S/C15H21NO4/c1-12(2)10-16(11-15(18)19)14(17)8-9-20-13-6-4-3-5-7-13/h3-7,12H,8-11H2,1-2H3,(H,18,19). The number of amides is 1. The zero-order chi connectivity index (χ0) is 15.0. The van der Waals surface area contributed by atoms with E-state index in [1.54, 1.807) is 0 Å². The number of carboxylic acid groups (broad SMARTS) is 1. The third-order valence-corrected chi connectivity index (χ3v) is 2.59. The maximum absolute atomic E-state index is 12.0. The van der Waals surface area contributed by atoms with Crippen molar-refractivity contribution in [1.82, 2.24) is 4.90 Å². The molecular weight excluding hydrogens is 258 g/mol. The summed E-state index contributed by atoms with van der Waals surface area (Å²) in [6.45, 7) is 4.32. The number of hydrogen-bond donors (Lipinski definition) is 1.